The number of hydrazine groups is 1. The van der Waals surface area contributed by atoms with Crippen molar-refractivity contribution < 1.29 is 19.1 Å². The monoisotopic (exact) mass is 366 g/mol. The van der Waals surface area contributed by atoms with Gasteiger partial charge < -0.3 is 9.47 Å². The predicted molar refractivity (Wildman–Crippen MR) is 104 cm³/mol. The lowest BCUT2D eigenvalue weighted by molar-refractivity contribution is -0.117. The maximum absolute atomic E-state index is 12.7. The van der Waals surface area contributed by atoms with Crippen LogP contribution in [0, 0.1) is 6.92 Å². The van der Waals surface area contributed by atoms with Crippen LogP contribution in [0.15, 0.2) is 48.0 Å². The molecule has 0 radical (unpaired) electrons. The number of nitrogens with one attached hydrogen (secondary N) is 1. The molecule has 0 unspecified atom stereocenters. The van der Waals surface area contributed by atoms with Crippen LogP contribution in [0.4, 0.5) is 5.69 Å². The highest BCUT2D eigenvalue weighted by molar-refractivity contribution is 6.31. The van der Waals surface area contributed by atoms with Crippen molar-refractivity contribution in [2.45, 2.75) is 26.9 Å². The summed E-state index contributed by atoms with van der Waals surface area (Å²) in [6.45, 7) is 5.81. The summed E-state index contributed by atoms with van der Waals surface area (Å²) >= 11 is 0. The fourth-order valence-electron chi connectivity index (χ4n) is 2.72. The summed E-state index contributed by atoms with van der Waals surface area (Å²) in [7, 11) is 1.55. The average molecular weight is 366 g/mol. The van der Waals surface area contributed by atoms with Crippen molar-refractivity contribution in [1.82, 2.24) is 5.43 Å². The van der Waals surface area contributed by atoms with Crippen LogP contribution in [0.5, 0.6) is 11.5 Å². The van der Waals surface area contributed by atoms with Crippen molar-refractivity contribution in [2.24, 2.45) is 0 Å². The normalized spacial score (nSPS) is 15.4. The molecule has 0 aromatic heterocycles. The second kappa shape index (κ2) is 7.53. The molecule has 6 nitrogen and oxygen atoms in total. The van der Waals surface area contributed by atoms with E-state index < -0.39 is 11.8 Å². The van der Waals surface area contributed by atoms with Gasteiger partial charge >= 0.3 is 0 Å². The molecule has 1 saturated heterocycles. The van der Waals surface area contributed by atoms with E-state index in [0.29, 0.717) is 22.7 Å². The number of hydrogen-bond acceptors (Lipinski definition) is 4. The zero-order valence-electron chi connectivity index (χ0n) is 15.8. The molecular formula is C21H22N2O4. The van der Waals surface area contributed by atoms with Crippen LogP contribution in [0.1, 0.15) is 25.0 Å². The third-order valence-electron chi connectivity index (χ3n) is 4.04. The summed E-state index contributed by atoms with van der Waals surface area (Å²) in [4.78, 5) is 25.0. The molecule has 1 aliphatic rings. The number of carbonyl (C=O) groups excluding carboxylic acids is 2. The van der Waals surface area contributed by atoms with Gasteiger partial charge in [-0.15, -0.1) is 0 Å². The molecule has 2 aromatic carbocycles. The van der Waals surface area contributed by atoms with E-state index in [0.717, 1.165) is 5.56 Å². The Bertz CT molecular complexity index is 901. The van der Waals surface area contributed by atoms with Crippen LogP contribution < -0.4 is 19.9 Å². The van der Waals surface area contributed by atoms with Crippen LogP contribution in [0.2, 0.25) is 0 Å². The van der Waals surface area contributed by atoms with E-state index in [2.05, 4.69) is 5.43 Å². The summed E-state index contributed by atoms with van der Waals surface area (Å²) < 4.78 is 11.0. The molecule has 2 aromatic rings. The van der Waals surface area contributed by atoms with E-state index in [9.17, 15) is 9.59 Å². The van der Waals surface area contributed by atoms with Gasteiger partial charge in [0.1, 0.15) is 5.57 Å². The largest absolute Gasteiger partial charge is 0.493 e. The molecule has 1 fully saturated rings. The highest BCUT2D eigenvalue weighted by atomic mass is 16.5. The highest BCUT2D eigenvalue weighted by Gasteiger charge is 2.34. The molecule has 0 spiro atoms. The first kappa shape index (κ1) is 18.5. The lowest BCUT2D eigenvalue weighted by Gasteiger charge is -2.14. The van der Waals surface area contributed by atoms with Gasteiger partial charge in [-0.3, -0.25) is 15.0 Å². The quantitative estimate of drug-likeness (QED) is 0.652. The minimum absolute atomic E-state index is 0.00774. The number of methoxy groups -OCH3 is 1. The van der Waals surface area contributed by atoms with Crippen molar-refractivity contribution in [1.29, 1.82) is 0 Å². The SMILES string of the molecule is COc1cc(/C=C2/C(=O)NN(c3ccc(C)cc3)C2=O)ccc1OC(C)C. The third kappa shape index (κ3) is 3.95. The minimum Gasteiger partial charge on any atom is -0.493 e. The van der Waals surface area contributed by atoms with Gasteiger partial charge in [-0.05, 0) is 56.7 Å². The van der Waals surface area contributed by atoms with Crippen LogP contribution in [-0.2, 0) is 9.59 Å². The van der Waals surface area contributed by atoms with Crippen molar-refractivity contribution in [2.75, 3.05) is 12.1 Å². The Morgan fingerprint density at radius 3 is 2.37 bits per heavy atom. The van der Waals surface area contributed by atoms with E-state index in [1.807, 2.05) is 32.9 Å². The Labute approximate surface area is 158 Å². The van der Waals surface area contributed by atoms with Crippen LogP contribution in [0.3, 0.4) is 0 Å². The molecule has 27 heavy (non-hydrogen) atoms. The van der Waals surface area contributed by atoms with E-state index in [-0.39, 0.29) is 11.7 Å². The summed E-state index contributed by atoms with van der Waals surface area (Å²) in [5.74, 6) is 0.310. The molecule has 2 amide bonds. The number of rotatable bonds is 5. The first-order valence-corrected chi connectivity index (χ1v) is 8.67. The van der Waals surface area contributed by atoms with Crippen molar-refractivity contribution >= 4 is 23.6 Å². The molecule has 0 bridgehead atoms. The standard InChI is InChI=1S/C21H22N2O4/c1-13(2)27-18-10-7-15(12-19(18)26-4)11-17-20(24)22-23(21(17)25)16-8-5-14(3)6-9-16/h5-13H,1-4H3,(H,22,24)/b17-11-. The summed E-state index contributed by atoms with van der Waals surface area (Å²) in [6, 6.07) is 12.6. The number of carbonyl (C=O) groups is 2. The van der Waals surface area contributed by atoms with Gasteiger partial charge in [0.25, 0.3) is 11.8 Å². The Kier molecular flexibility index (Phi) is 5.16. The zero-order chi connectivity index (χ0) is 19.6. The molecule has 3 rings (SSSR count). The molecule has 1 aliphatic heterocycles. The van der Waals surface area contributed by atoms with Crippen molar-refractivity contribution in [3.63, 3.8) is 0 Å². The average Bonchev–Trinajstić information content (AvgIpc) is 2.91. The van der Waals surface area contributed by atoms with E-state index in [4.69, 9.17) is 9.47 Å². The first-order valence-electron chi connectivity index (χ1n) is 8.67. The van der Waals surface area contributed by atoms with Gasteiger partial charge in [0.2, 0.25) is 0 Å². The number of anilines is 1. The molecule has 0 aliphatic carbocycles. The molecule has 6 heteroatoms. The third-order valence-corrected chi connectivity index (χ3v) is 4.04. The number of amides is 2. The number of benzene rings is 2. The van der Waals surface area contributed by atoms with E-state index >= 15 is 0 Å². The second-order valence-corrected chi connectivity index (χ2v) is 6.55. The maximum Gasteiger partial charge on any atom is 0.282 e. The van der Waals surface area contributed by atoms with Gasteiger partial charge in [0, 0.05) is 0 Å². The summed E-state index contributed by atoms with van der Waals surface area (Å²) in [6.07, 6.45) is 1.56. The fraction of sp³-hybridized carbons (Fsp3) is 0.238. The van der Waals surface area contributed by atoms with Gasteiger partial charge in [-0.2, -0.15) is 0 Å². The van der Waals surface area contributed by atoms with Gasteiger partial charge in [-0.25, -0.2) is 5.01 Å². The molecular weight excluding hydrogens is 344 g/mol. The van der Waals surface area contributed by atoms with Crippen LogP contribution in [-0.4, -0.2) is 25.0 Å². The minimum atomic E-state index is -0.443. The number of hydrogen-bond donors (Lipinski definition) is 1. The highest BCUT2D eigenvalue weighted by Crippen LogP contribution is 2.30. The number of ether oxygens (including phenoxy) is 2. The number of nitrogens with zero attached hydrogens (tertiary/aromatic N) is 1. The van der Waals surface area contributed by atoms with E-state index in [1.165, 1.54) is 5.01 Å². The lowest BCUT2D eigenvalue weighted by atomic mass is 10.1. The van der Waals surface area contributed by atoms with Crippen LogP contribution in [0.25, 0.3) is 6.08 Å². The van der Waals surface area contributed by atoms with Crippen molar-refractivity contribution in [3.8, 4) is 11.5 Å². The number of aryl methyl sites for hydroxylation is 1. The van der Waals surface area contributed by atoms with E-state index in [1.54, 1.807) is 43.5 Å². The lowest BCUT2D eigenvalue weighted by Crippen LogP contribution is -2.35. The summed E-state index contributed by atoms with van der Waals surface area (Å²) in [5.41, 5.74) is 5.02. The molecule has 0 saturated carbocycles. The Morgan fingerprint density at radius 2 is 1.74 bits per heavy atom. The maximum atomic E-state index is 12.7. The predicted octanol–water partition coefficient (Wildman–Crippen LogP) is 3.25. The smallest absolute Gasteiger partial charge is 0.282 e. The molecule has 1 N–H and O–H groups in total. The Balaban J connectivity index is 1.89. The van der Waals surface area contributed by atoms with Gasteiger partial charge in [-0.1, -0.05) is 23.8 Å². The second-order valence-electron chi connectivity index (χ2n) is 6.55. The first-order chi connectivity index (χ1) is 12.9. The van der Waals surface area contributed by atoms with Gasteiger partial charge in [0.05, 0.1) is 18.9 Å². The van der Waals surface area contributed by atoms with Gasteiger partial charge in [0.15, 0.2) is 11.5 Å². The van der Waals surface area contributed by atoms with Crippen LogP contribution >= 0.6 is 0 Å². The zero-order valence-corrected chi connectivity index (χ0v) is 15.8. The Hall–Kier alpha value is -3.28. The van der Waals surface area contributed by atoms with Crippen molar-refractivity contribution in [3.05, 3.63) is 59.2 Å². The molecule has 1 heterocycles. The molecule has 0 atom stereocenters. The molecule has 140 valence electrons. The topological polar surface area (TPSA) is 67.9 Å². The Morgan fingerprint density at radius 1 is 1.04 bits per heavy atom. The fourth-order valence-corrected chi connectivity index (χ4v) is 2.72. The summed E-state index contributed by atoms with van der Waals surface area (Å²) in [5, 5.41) is 1.25.